The molecule has 2 aromatic carbocycles. The maximum Gasteiger partial charge on any atom is 0.387 e. The smallest absolute Gasteiger partial charge is 0.387 e. The summed E-state index contributed by atoms with van der Waals surface area (Å²) in [5, 5.41) is 12.3. The van der Waals surface area contributed by atoms with Crippen LogP contribution in [0.2, 0.25) is 0 Å². The van der Waals surface area contributed by atoms with Gasteiger partial charge < -0.3 is 20.1 Å². The summed E-state index contributed by atoms with van der Waals surface area (Å²) in [7, 11) is 0. The summed E-state index contributed by atoms with van der Waals surface area (Å²) >= 11 is 0. The molecule has 0 bridgehead atoms. The van der Waals surface area contributed by atoms with Crippen LogP contribution in [0, 0.1) is 0 Å². The first-order valence-electron chi connectivity index (χ1n) is 9.27. The van der Waals surface area contributed by atoms with Crippen LogP contribution in [0.15, 0.2) is 48.5 Å². The first-order chi connectivity index (χ1) is 13.5. The van der Waals surface area contributed by atoms with Gasteiger partial charge in [0.15, 0.2) is 0 Å². The highest BCUT2D eigenvalue weighted by molar-refractivity contribution is 5.80. The van der Waals surface area contributed by atoms with Crippen LogP contribution >= 0.6 is 0 Å². The second-order valence-corrected chi connectivity index (χ2v) is 6.84. The second kappa shape index (κ2) is 9.12. The monoisotopic (exact) mass is 390 g/mol. The number of hydrogen-bond donors (Lipinski definition) is 2. The van der Waals surface area contributed by atoms with Gasteiger partial charge in [0.05, 0.1) is 18.7 Å². The molecular weight excluding hydrogens is 366 g/mol. The maximum atomic E-state index is 13.0. The number of hydrogen-bond acceptors (Lipinski definition) is 4. The Morgan fingerprint density at radius 1 is 1.25 bits per heavy atom. The molecule has 3 rings (SSSR count). The largest absolute Gasteiger partial charge is 0.434 e. The molecule has 1 aliphatic heterocycles. The number of carbonyl (C=O) groups excluding carboxylic acids is 1. The van der Waals surface area contributed by atoms with Crippen LogP contribution in [0.4, 0.5) is 8.78 Å². The number of fused-ring (bicyclic) bond motifs is 1. The molecule has 0 radical (unpaired) electrons. The van der Waals surface area contributed by atoms with Gasteiger partial charge in [0.25, 0.3) is 0 Å². The molecule has 150 valence electrons. The molecule has 0 fully saturated rings. The third kappa shape index (κ3) is 4.66. The Bertz CT molecular complexity index is 799. The number of nitrogens with one attached hydrogen (secondary N) is 1. The number of ether oxygens (including phenoxy) is 1. The zero-order valence-corrected chi connectivity index (χ0v) is 15.6. The highest BCUT2D eigenvalue weighted by Crippen LogP contribution is 2.41. The van der Waals surface area contributed by atoms with Crippen molar-refractivity contribution in [1.82, 2.24) is 10.2 Å². The van der Waals surface area contributed by atoms with E-state index in [1.165, 1.54) is 6.07 Å². The molecule has 1 aliphatic rings. The van der Waals surface area contributed by atoms with Crippen LogP contribution < -0.4 is 10.1 Å². The fraction of sp³-hybridized carbons (Fsp3) is 0.381. The lowest BCUT2D eigenvalue weighted by Gasteiger charge is -2.38. The molecule has 0 saturated heterocycles. The van der Waals surface area contributed by atoms with Crippen LogP contribution in [-0.4, -0.2) is 48.3 Å². The Kier molecular flexibility index (Phi) is 6.59. The summed E-state index contributed by atoms with van der Waals surface area (Å²) in [5.74, 6) is -0.0669. The lowest BCUT2D eigenvalue weighted by Crippen LogP contribution is -2.45. The van der Waals surface area contributed by atoms with Crippen LogP contribution in [0.3, 0.4) is 0 Å². The summed E-state index contributed by atoms with van der Waals surface area (Å²) in [6.45, 7) is -0.482. The van der Waals surface area contributed by atoms with E-state index in [0.29, 0.717) is 25.1 Å². The zero-order valence-electron chi connectivity index (χ0n) is 15.6. The van der Waals surface area contributed by atoms with Crippen molar-refractivity contribution in [3.8, 4) is 5.75 Å². The number of rotatable bonds is 7. The molecule has 1 heterocycles. The molecule has 0 spiro atoms. The van der Waals surface area contributed by atoms with Crippen LogP contribution in [-0.2, 0) is 11.2 Å². The fourth-order valence-electron chi connectivity index (χ4n) is 3.58. The van der Waals surface area contributed by atoms with E-state index in [4.69, 9.17) is 4.74 Å². The van der Waals surface area contributed by atoms with E-state index in [9.17, 15) is 18.7 Å². The quantitative estimate of drug-likeness (QED) is 0.763. The van der Waals surface area contributed by atoms with Crippen molar-refractivity contribution in [2.75, 3.05) is 19.6 Å². The summed E-state index contributed by atoms with van der Waals surface area (Å²) in [5.41, 5.74) is 2.33. The first-order valence-corrected chi connectivity index (χ1v) is 9.27. The van der Waals surface area contributed by atoms with Gasteiger partial charge in [0.2, 0.25) is 5.91 Å². The third-order valence-electron chi connectivity index (χ3n) is 4.73. The molecule has 0 saturated carbocycles. The Balaban J connectivity index is 1.98. The number of aliphatic hydroxyl groups excluding tert-OH is 1. The summed E-state index contributed by atoms with van der Waals surface area (Å²) in [4.78, 5) is 14.6. The molecule has 0 aliphatic carbocycles. The van der Waals surface area contributed by atoms with Crippen molar-refractivity contribution in [3.05, 3.63) is 65.2 Å². The first kappa shape index (κ1) is 20.2. The number of amides is 1. The number of halogens is 2. The van der Waals surface area contributed by atoms with Gasteiger partial charge in [0, 0.05) is 18.7 Å². The van der Waals surface area contributed by atoms with E-state index < -0.39 is 18.8 Å². The summed E-state index contributed by atoms with van der Waals surface area (Å²) < 4.78 is 30.7. The fourth-order valence-corrected chi connectivity index (χ4v) is 3.58. The van der Waals surface area contributed by atoms with E-state index in [1.807, 2.05) is 36.4 Å². The van der Waals surface area contributed by atoms with Gasteiger partial charge in [-0.25, -0.2) is 0 Å². The minimum atomic E-state index is -2.94. The Labute approximate surface area is 162 Å². The van der Waals surface area contributed by atoms with Crippen LogP contribution in [0.1, 0.15) is 29.7 Å². The van der Waals surface area contributed by atoms with E-state index in [-0.39, 0.29) is 18.2 Å². The molecule has 2 aromatic rings. The van der Waals surface area contributed by atoms with Crippen molar-refractivity contribution in [2.45, 2.75) is 32.1 Å². The third-order valence-corrected chi connectivity index (χ3v) is 4.73. The molecule has 0 aromatic heterocycles. The molecular formula is C21H24F2N2O3. The number of nitrogens with zero attached hydrogens (tertiary/aromatic N) is 1. The lowest BCUT2D eigenvalue weighted by molar-refractivity contribution is -0.132. The minimum absolute atomic E-state index is 0.0570. The molecule has 2 atom stereocenters. The summed E-state index contributed by atoms with van der Waals surface area (Å²) in [6, 6.07) is 13.9. The predicted molar refractivity (Wildman–Crippen MR) is 101 cm³/mol. The van der Waals surface area contributed by atoms with Gasteiger partial charge in [-0.05, 0) is 30.5 Å². The molecule has 1 amide bonds. The van der Waals surface area contributed by atoms with Crippen molar-refractivity contribution in [1.29, 1.82) is 0 Å². The SMILES string of the molecule is C[C@@H](O)CNCC(=O)N1CCc2cccc(OC(F)F)c2[C@@H]1c1ccccc1. The van der Waals surface area contributed by atoms with Crippen LogP contribution in [0.5, 0.6) is 5.75 Å². The highest BCUT2D eigenvalue weighted by atomic mass is 19.3. The van der Waals surface area contributed by atoms with Gasteiger partial charge in [0.1, 0.15) is 5.75 Å². The minimum Gasteiger partial charge on any atom is -0.434 e. The van der Waals surface area contributed by atoms with Crippen molar-refractivity contribution < 1.29 is 23.4 Å². The highest BCUT2D eigenvalue weighted by Gasteiger charge is 2.34. The van der Waals surface area contributed by atoms with E-state index in [0.717, 1.165) is 11.1 Å². The van der Waals surface area contributed by atoms with E-state index in [2.05, 4.69) is 5.32 Å². The predicted octanol–water partition coefficient (Wildman–Crippen LogP) is 2.73. The second-order valence-electron chi connectivity index (χ2n) is 6.84. The van der Waals surface area contributed by atoms with Gasteiger partial charge in [-0.3, -0.25) is 4.79 Å². The Morgan fingerprint density at radius 2 is 2.00 bits per heavy atom. The molecule has 5 nitrogen and oxygen atoms in total. The molecule has 0 unspecified atom stereocenters. The number of aliphatic hydroxyl groups is 1. The van der Waals surface area contributed by atoms with E-state index in [1.54, 1.807) is 17.9 Å². The molecule has 2 N–H and O–H groups in total. The maximum absolute atomic E-state index is 13.0. The number of alkyl halides is 2. The normalized spacial score (nSPS) is 17.3. The number of benzene rings is 2. The van der Waals surface area contributed by atoms with Crippen molar-refractivity contribution in [2.24, 2.45) is 0 Å². The van der Waals surface area contributed by atoms with Gasteiger partial charge in [-0.1, -0.05) is 42.5 Å². The van der Waals surface area contributed by atoms with Gasteiger partial charge >= 0.3 is 6.61 Å². The Hall–Kier alpha value is -2.51. The van der Waals surface area contributed by atoms with Crippen molar-refractivity contribution >= 4 is 5.91 Å². The lowest BCUT2D eigenvalue weighted by atomic mass is 9.87. The standard InChI is InChI=1S/C21H24F2N2O3/c1-14(26)12-24-13-18(27)25-11-10-15-8-5-9-17(28-21(22)23)19(15)20(25)16-6-3-2-4-7-16/h2-9,14,20-21,24,26H,10-13H2,1H3/t14-,20+/m1/s1. The molecule has 7 heteroatoms. The Morgan fingerprint density at radius 3 is 2.68 bits per heavy atom. The van der Waals surface area contributed by atoms with Gasteiger partial charge in [-0.2, -0.15) is 8.78 Å². The average molecular weight is 390 g/mol. The topological polar surface area (TPSA) is 61.8 Å². The van der Waals surface area contributed by atoms with Crippen molar-refractivity contribution in [3.63, 3.8) is 0 Å². The zero-order chi connectivity index (χ0) is 20.1. The van der Waals surface area contributed by atoms with Gasteiger partial charge in [-0.15, -0.1) is 0 Å². The summed E-state index contributed by atoms with van der Waals surface area (Å²) in [6.07, 6.45) is -0.00724. The number of carbonyl (C=O) groups is 1. The van der Waals surface area contributed by atoms with Crippen LogP contribution in [0.25, 0.3) is 0 Å². The molecule has 28 heavy (non-hydrogen) atoms. The average Bonchev–Trinajstić information content (AvgIpc) is 2.67. The van der Waals surface area contributed by atoms with E-state index >= 15 is 0 Å².